The van der Waals surface area contributed by atoms with Crippen LogP contribution in [0.3, 0.4) is 0 Å². The number of rotatable bonds is 5. The molecular weight excluding hydrogens is 486 g/mol. The smallest absolute Gasteiger partial charge is 0.143 e. The van der Waals surface area contributed by atoms with Crippen molar-refractivity contribution in [2.45, 2.75) is 56.5 Å². The zero-order valence-corrected chi connectivity index (χ0v) is 22.4. The van der Waals surface area contributed by atoms with Gasteiger partial charge in [-0.15, -0.1) is 0 Å². The number of aromatic amines is 1. The summed E-state index contributed by atoms with van der Waals surface area (Å²) in [7, 11) is 0. The molecule has 1 saturated carbocycles. The number of aryl methyl sites for hydroxylation is 1. The number of morpholine rings is 1. The number of ether oxygens (including phenoxy) is 1. The molecule has 1 atom stereocenters. The summed E-state index contributed by atoms with van der Waals surface area (Å²) >= 11 is 0. The number of nitrogens with one attached hydrogen (secondary N) is 2. The highest BCUT2D eigenvalue weighted by Crippen LogP contribution is 2.44. The van der Waals surface area contributed by atoms with Crippen molar-refractivity contribution >= 4 is 22.9 Å². The Morgan fingerprint density at radius 2 is 1.77 bits per heavy atom. The van der Waals surface area contributed by atoms with Crippen LogP contribution in [-0.4, -0.2) is 68.2 Å². The molecule has 4 aromatic heterocycles. The lowest BCUT2D eigenvalue weighted by molar-refractivity contribution is 0.00791. The first-order valence-corrected chi connectivity index (χ1v) is 14.2. The van der Waals surface area contributed by atoms with E-state index in [1.807, 2.05) is 18.6 Å². The van der Waals surface area contributed by atoms with Crippen LogP contribution in [0.15, 0.2) is 55.3 Å². The fraction of sp³-hybridized carbons (Fsp3) is 0.419. The molecule has 39 heavy (non-hydrogen) atoms. The van der Waals surface area contributed by atoms with Crippen molar-refractivity contribution in [2.75, 3.05) is 31.6 Å². The van der Waals surface area contributed by atoms with E-state index >= 15 is 0 Å². The molecule has 2 N–H and O–H groups in total. The van der Waals surface area contributed by atoms with Crippen LogP contribution in [0.2, 0.25) is 0 Å². The van der Waals surface area contributed by atoms with Gasteiger partial charge in [0.2, 0.25) is 0 Å². The van der Waals surface area contributed by atoms with Crippen LogP contribution in [0.5, 0.6) is 0 Å². The highest BCUT2D eigenvalue weighted by Gasteiger charge is 2.37. The fourth-order valence-corrected chi connectivity index (χ4v) is 6.86. The van der Waals surface area contributed by atoms with E-state index in [2.05, 4.69) is 73.5 Å². The van der Waals surface area contributed by atoms with Gasteiger partial charge in [0.15, 0.2) is 0 Å². The van der Waals surface area contributed by atoms with Crippen LogP contribution in [-0.2, 0) is 16.6 Å². The van der Waals surface area contributed by atoms with Gasteiger partial charge in [-0.25, -0.2) is 9.97 Å². The fourth-order valence-electron chi connectivity index (χ4n) is 6.86. The standard InChI is InChI=1S/C31H35N7O/c1-21-18-23(9-13-33-21)31(22-7-11-32-12-8-22)10-6-27-26(19-31)28-29(34-20-35-30(28)37-27)36-24-2-4-25(5-3-24)38-14-16-39-17-15-38/h6-13,18,20,24-25H,2-5,14-17,19H2,1H3,(H2,34,35,36,37)/t24-,25-,31?. The summed E-state index contributed by atoms with van der Waals surface area (Å²) in [5.41, 5.74) is 6.38. The molecule has 0 aromatic carbocycles. The first-order chi connectivity index (χ1) is 19.2. The number of pyridine rings is 2. The van der Waals surface area contributed by atoms with Gasteiger partial charge in [-0.3, -0.25) is 14.9 Å². The van der Waals surface area contributed by atoms with Crippen molar-refractivity contribution in [1.82, 2.24) is 29.8 Å². The molecule has 5 heterocycles. The molecule has 200 valence electrons. The van der Waals surface area contributed by atoms with Crippen LogP contribution in [0.25, 0.3) is 17.1 Å². The normalized spacial score (nSPS) is 25.5. The lowest BCUT2D eigenvalue weighted by atomic mass is 9.68. The van der Waals surface area contributed by atoms with Crippen molar-refractivity contribution in [3.05, 3.63) is 83.3 Å². The van der Waals surface area contributed by atoms with Crippen molar-refractivity contribution in [1.29, 1.82) is 0 Å². The summed E-state index contributed by atoms with van der Waals surface area (Å²) in [4.78, 5) is 24.4. The molecule has 0 amide bonds. The number of anilines is 1. The maximum atomic E-state index is 5.56. The van der Waals surface area contributed by atoms with E-state index < -0.39 is 0 Å². The van der Waals surface area contributed by atoms with Gasteiger partial charge in [0, 0.05) is 60.6 Å². The van der Waals surface area contributed by atoms with E-state index in [9.17, 15) is 0 Å². The number of hydrogen-bond acceptors (Lipinski definition) is 7. The average molecular weight is 522 g/mol. The first kappa shape index (κ1) is 24.4. The second kappa shape index (κ2) is 10.2. The minimum atomic E-state index is -0.331. The summed E-state index contributed by atoms with van der Waals surface area (Å²) in [5, 5.41) is 4.95. The van der Waals surface area contributed by atoms with Crippen molar-refractivity contribution in [3.63, 3.8) is 0 Å². The minimum Gasteiger partial charge on any atom is -0.379 e. The SMILES string of the molecule is Cc1cc(C2(c3ccncc3)C=Cc3[nH]c4ncnc(N[C@H]5CC[C@H](N6CCOCC6)CC5)c4c3C2)ccn1. The van der Waals surface area contributed by atoms with Gasteiger partial charge in [0.25, 0.3) is 0 Å². The Labute approximate surface area is 229 Å². The largest absolute Gasteiger partial charge is 0.379 e. The minimum absolute atomic E-state index is 0.331. The molecule has 2 aliphatic carbocycles. The van der Waals surface area contributed by atoms with E-state index in [1.165, 1.54) is 29.5 Å². The third-order valence-electron chi connectivity index (χ3n) is 8.92. The maximum absolute atomic E-state index is 5.56. The molecule has 0 radical (unpaired) electrons. The second-order valence-corrected chi connectivity index (χ2v) is 11.2. The molecule has 0 bridgehead atoms. The Balaban J connectivity index is 1.21. The van der Waals surface area contributed by atoms with Crippen molar-refractivity contribution in [3.8, 4) is 0 Å². The Kier molecular flexibility index (Phi) is 6.37. The van der Waals surface area contributed by atoms with Crippen LogP contribution in [0.1, 0.15) is 53.8 Å². The van der Waals surface area contributed by atoms with Gasteiger partial charge >= 0.3 is 0 Å². The van der Waals surface area contributed by atoms with Crippen LogP contribution in [0.4, 0.5) is 5.82 Å². The van der Waals surface area contributed by atoms with Crippen LogP contribution < -0.4 is 5.32 Å². The third-order valence-corrected chi connectivity index (χ3v) is 8.92. The summed E-state index contributed by atoms with van der Waals surface area (Å²) in [6.45, 7) is 5.91. The summed E-state index contributed by atoms with van der Waals surface area (Å²) in [5.74, 6) is 0.942. The predicted molar refractivity (Wildman–Crippen MR) is 153 cm³/mol. The van der Waals surface area contributed by atoms with Crippen LogP contribution >= 0.6 is 0 Å². The molecule has 8 heteroatoms. The monoisotopic (exact) mass is 521 g/mol. The molecule has 4 aromatic rings. The van der Waals surface area contributed by atoms with Gasteiger partial charge in [-0.05, 0) is 86.1 Å². The topological polar surface area (TPSA) is 91.8 Å². The Morgan fingerprint density at radius 1 is 0.974 bits per heavy atom. The van der Waals surface area contributed by atoms with E-state index in [1.54, 1.807) is 6.33 Å². The number of allylic oxidation sites excluding steroid dienone is 1. The van der Waals surface area contributed by atoms with E-state index in [0.29, 0.717) is 12.1 Å². The van der Waals surface area contributed by atoms with Gasteiger partial charge in [-0.2, -0.15) is 0 Å². The van der Waals surface area contributed by atoms with E-state index in [-0.39, 0.29) is 5.41 Å². The molecular formula is C31H35N7O. The lowest BCUT2D eigenvalue weighted by Gasteiger charge is -2.39. The molecule has 8 nitrogen and oxygen atoms in total. The third kappa shape index (κ3) is 4.51. The molecule has 3 aliphatic rings. The lowest BCUT2D eigenvalue weighted by Crippen LogP contribution is -2.46. The number of nitrogens with zero attached hydrogens (tertiary/aromatic N) is 5. The Bertz CT molecular complexity index is 1490. The molecule has 1 aliphatic heterocycles. The zero-order valence-electron chi connectivity index (χ0n) is 22.4. The van der Waals surface area contributed by atoms with E-state index in [4.69, 9.17) is 9.72 Å². The molecule has 0 spiro atoms. The van der Waals surface area contributed by atoms with Crippen molar-refractivity contribution in [2.24, 2.45) is 0 Å². The average Bonchev–Trinajstić information content (AvgIpc) is 3.37. The molecule has 1 saturated heterocycles. The first-order valence-electron chi connectivity index (χ1n) is 14.2. The van der Waals surface area contributed by atoms with Gasteiger partial charge in [-0.1, -0.05) is 6.08 Å². The number of aromatic nitrogens is 5. The molecule has 7 rings (SSSR count). The van der Waals surface area contributed by atoms with Crippen LogP contribution in [0, 0.1) is 6.92 Å². The van der Waals surface area contributed by atoms with Crippen molar-refractivity contribution < 1.29 is 4.74 Å². The van der Waals surface area contributed by atoms with Gasteiger partial charge in [0.1, 0.15) is 17.8 Å². The zero-order chi connectivity index (χ0) is 26.2. The summed E-state index contributed by atoms with van der Waals surface area (Å²) in [6, 6.07) is 9.68. The number of fused-ring (bicyclic) bond motifs is 3. The van der Waals surface area contributed by atoms with Gasteiger partial charge in [0.05, 0.1) is 18.6 Å². The maximum Gasteiger partial charge on any atom is 0.143 e. The highest BCUT2D eigenvalue weighted by molar-refractivity contribution is 5.94. The summed E-state index contributed by atoms with van der Waals surface area (Å²) < 4.78 is 5.56. The molecule has 1 unspecified atom stereocenters. The number of H-pyrrole nitrogens is 1. The van der Waals surface area contributed by atoms with E-state index in [0.717, 1.165) is 73.8 Å². The number of hydrogen-bond donors (Lipinski definition) is 2. The Hall–Kier alpha value is -3.62. The predicted octanol–water partition coefficient (Wildman–Crippen LogP) is 4.67. The van der Waals surface area contributed by atoms with Gasteiger partial charge < -0.3 is 15.0 Å². The summed E-state index contributed by atoms with van der Waals surface area (Å²) in [6.07, 6.45) is 17.4. The quantitative estimate of drug-likeness (QED) is 0.394. The Morgan fingerprint density at radius 3 is 2.56 bits per heavy atom. The second-order valence-electron chi connectivity index (χ2n) is 11.2. The molecule has 2 fully saturated rings. The highest BCUT2D eigenvalue weighted by atomic mass is 16.5.